The average molecular weight is 458 g/mol. The van der Waals surface area contributed by atoms with Gasteiger partial charge >= 0.3 is 0 Å². The third-order valence-electron chi connectivity index (χ3n) is 7.62. The molecule has 0 radical (unpaired) electrons. The van der Waals surface area contributed by atoms with Gasteiger partial charge in [-0.25, -0.2) is 0 Å². The molecule has 34 heavy (non-hydrogen) atoms. The van der Waals surface area contributed by atoms with Crippen molar-refractivity contribution in [3.8, 4) is 11.3 Å². The molecule has 0 spiro atoms. The fourth-order valence-electron chi connectivity index (χ4n) is 5.59. The number of benzene rings is 2. The van der Waals surface area contributed by atoms with E-state index in [9.17, 15) is 4.79 Å². The zero-order chi connectivity index (χ0) is 23.2. The molecule has 1 aromatic heterocycles. The van der Waals surface area contributed by atoms with E-state index in [4.69, 9.17) is 4.52 Å². The summed E-state index contributed by atoms with van der Waals surface area (Å²) in [4.78, 5) is 15.3. The highest BCUT2D eigenvalue weighted by molar-refractivity contribution is 5.76. The number of aromatic nitrogens is 1. The molecule has 5 rings (SSSR count). The summed E-state index contributed by atoms with van der Waals surface area (Å²) in [5.41, 5.74) is 3.44. The van der Waals surface area contributed by atoms with E-state index in [1.807, 2.05) is 30.3 Å². The van der Waals surface area contributed by atoms with E-state index in [2.05, 4.69) is 51.8 Å². The summed E-state index contributed by atoms with van der Waals surface area (Å²) in [6.07, 6.45) is 5.89. The fourth-order valence-corrected chi connectivity index (χ4v) is 5.59. The number of hydrogen-bond acceptors (Lipinski definition) is 4. The second kappa shape index (κ2) is 11.0. The first-order chi connectivity index (χ1) is 16.7. The molecule has 1 N–H and O–H groups in total. The van der Waals surface area contributed by atoms with Crippen LogP contribution < -0.4 is 5.32 Å². The number of likely N-dealkylation sites (tertiary alicyclic amines) is 1. The van der Waals surface area contributed by atoms with Gasteiger partial charge in [-0.1, -0.05) is 65.8 Å². The molecule has 0 bridgehead atoms. The van der Waals surface area contributed by atoms with Crippen LogP contribution in [0, 0.1) is 17.8 Å². The first-order valence-electron chi connectivity index (χ1n) is 12.8. The Balaban J connectivity index is 1.14. The molecule has 0 aliphatic carbocycles. The second-order valence-corrected chi connectivity index (χ2v) is 9.98. The van der Waals surface area contributed by atoms with Crippen molar-refractivity contribution in [2.45, 2.75) is 38.5 Å². The Morgan fingerprint density at radius 2 is 1.68 bits per heavy atom. The number of nitrogens with one attached hydrogen (secondary N) is 1. The highest BCUT2D eigenvalue weighted by atomic mass is 16.5. The van der Waals surface area contributed by atoms with Crippen molar-refractivity contribution < 1.29 is 9.32 Å². The number of piperidine rings is 2. The lowest BCUT2D eigenvalue weighted by molar-refractivity contribution is -0.134. The Bertz CT molecular complexity index is 1040. The van der Waals surface area contributed by atoms with Gasteiger partial charge in [0.1, 0.15) is 0 Å². The van der Waals surface area contributed by atoms with Crippen molar-refractivity contribution >= 4 is 5.91 Å². The number of carbonyl (C=O) groups excluding carboxylic acids is 1. The summed E-state index contributed by atoms with van der Waals surface area (Å²) in [6.45, 7) is 3.72. The Labute approximate surface area is 202 Å². The summed E-state index contributed by atoms with van der Waals surface area (Å²) >= 11 is 0. The van der Waals surface area contributed by atoms with Crippen LogP contribution in [0.25, 0.3) is 11.3 Å². The number of carbonyl (C=O) groups is 1. The topological polar surface area (TPSA) is 58.4 Å². The molecule has 0 saturated carbocycles. The predicted molar refractivity (Wildman–Crippen MR) is 134 cm³/mol. The molecule has 2 fully saturated rings. The lowest BCUT2D eigenvalue weighted by atomic mass is 9.80. The van der Waals surface area contributed by atoms with E-state index in [0.29, 0.717) is 30.1 Å². The van der Waals surface area contributed by atoms with Crippen LogP contribution in [0.4, 0.5) is 0 Å². The minimum absolute atomic E-state index is 0.334. The Morgan fingerprint density at radius 3 is 2.44 bits per heavy atom. The van der Waals surface area contributed by atoms with E-state index in [1.165, 1.54) is 5.56 Å². The van der Waals surface area contributed by atoms with E-state index in [-0.39, 0.29) is 0 Å². The zero-order valence-corrected chi connectivity index (χ0v) is 19.9. The summed E-state index contributed by atoms with van der Waals surface area (Å²) in [7, 11) is 0. The van der Waals surface area contributed by atoms with E-state index < -0.39 is 0 Å². The molecule has 2 aromatic carbocycles. The smallest absolute Gasteiger partial charge is 0.222 e. The van der Waals surface area contributed by atoms with Gasteiger partial charge in [0.25, 0.3) is 0 Å². The molecule has 1 amide bonds. The largest absolute Gasteiger partial charge is 0.356 e. The van der Waals surface area contributed by atoms with Crippen molar-refractivity contribution in [2.75, 3.05) is 26.2 Å². The van der Waals surface area contributed by atoms with E-state index in [1.54, 1.807) is 0 Å². The molecule has 5 heteroatoms. The number of amides is 1. The maximum absolute atomic E-state index is 13.2. The van der Waals surface area contributed by atoms with Crippen molar-refractivity contribution in [1.82, 2.24) is 15.4 Å². The van der Waals surface area contributed by atoms with Crippen LogP contribution in [0.1, 0.15) is 36.9 Å². The van der Waals surface area contributed by atoms with Crippen LogP contribution >= 0.6 is 0 Å². The lowest BCUT2D eigenvalue weighted by Crippen LogP contribution is -2.43. The molecule has 2 saturated heterocycles. The first kappa shape index (κ1) is 22.9. The maximum atomic E-state index is 13.2. The minimum atomic E-state index is 0.334. The van der Waals surface area contributed by atoms with Crippen LogP contribution in [0.5, 0.6) is 0 Å². The SMILES string of the molecule is O=C(C[C@@H]1CCNC[C@@H]1Cc1cc(-c2ccccc2)on1)N1CCC(Cc2ccccc2)CC1. The number of hydrogen-bond donors (Lipinski definition) is 1. The van der Waals surface area contributed by atoms with Crippen LogP contribution in [-0.2, 0) is 17.6 Å². The van der Waals surface area contributed by atoms with Gasteiger partial charge in [-0.3, -0.25) is 4.79 Å². The number of rotatable bonds is 7. The van der Waals surface area contributed by atoms with Crippen molar-refractivity contribution in [3.63, 3.8) is 0 Å². The standard InChI is InChI=1S/C29H35N3O2/c33-29(32-15-12-23(13-16-32)17-22-7-3-1-4-8-22)19-25-11-14-30-21-26(25)18-27-20-28(34-31-27)24-9-5-2-6-10-24/h1-10,20,23,25-26,30H,11-19,21H2/t25-,26-/m0/s1. The van der Waals surface area contributed by atoms with E-state index >= 15 is 0 Å². The minimum Gasteiger partial charge on any atom is -0.356 e. The highest BCUT2D eigenvalue weighted by Gasteiger charge is 2.31. The quantitative estimate of drug-likeness (QED) is 0.544. The lowest BCUT2D eigenvalue weighted by Gasteiger charge is -2.36. The van der Waals surface area contributed by atoms with Crippen LogP contribution in [-0.4, -0.2) is 42.1 Å². The van der Waals surface area contributed by atoms with Gasteiger partial charge in [0.05, 0.1) is 5.69 Å². The Kier molecular flexibility index (Phi) is 7.40. The van der Waals surface area contributed by atoms with Crippen LogP contribution in [0.15, 0.2) is 71.3 Å². The van der Waals surface area contributed by atoms with Gasteiger partial charge in [0.15, 0.2) is 5.76 Å². The van der Waals surface area contributed by atoms with E-state index in [0.717, 1.165) is 75.3 Å². The molecule has 3 heterocycles. The Morgan fingerprint density at radius 1 is 0.941 bits per heavy atom. The third-order valence-corrected chi connectivity index (χ3v) is 7.62. The van der Waals surface area contributed by atoms with Crippen LogP contribution in [0.2, 0.25) is 0 Å². The summed E-state index contributed by atoms with van der Waals surface area (Å²) < 4.78 is 5.61. The molecular formula is C29H35N3O2. The molecule has 3 aromatic rings. The van der Waals surface area contributed by atoms with Crippen molar-refractivity contribution in [1.29, 1.82) is 0 Å². The molecule has 5 nitrogen and oxygen atoms in total. The zero-order valence-electron chi connectivity index (χ0n) is 19.9. The van der Waals surface area contributed by atoms with Gasteiger partial charge in [-0.05, 0) is 68.5 Å². The van der Waals surface area contributed by atoms with Gasteiger partial charge in [-0.15, -0.1) is 0 Å². The Hall–Kier alpha value is -2.92. The third kappa shape index (κ3) is 5.76. The van der Waals surface area contributed by atoms with Gasteiger partial charge < -0.3 is 14.7 Å². The highest BCUT2D eigenvalue weighted by Crippen LogP contribution is 2.30. The van der Waals surface area contributed by atoms with Gasteiger partial charge in [0, 0.05) is 31.1 Å². The van der Waals surface area contributed by atoms with Gasteiger partial charge in [0.2, 0.25) is 5.91 Å². The summed E-state index contributed by atoms with van der Waals surface area (Å²) in [5, 5.41) is 7.86. The van der Waals surface area contributed by atoms with Crippen molar-refractivity contribution in [3.05, 3.63) is 78.0 Å². The van der Waals surface area contributed by atoms with Crippen molar-refractivity contribution in [2.24, 2.45) is 17.8 Å². The molecule has 0 unspecified atom stereocenters. The first-order valence-corrected chi connectivity index (χ1v) is 12.8. The molecule has 178 valence electrons. The summed E-state index contributed by atoms with van der Waals surface area (Å²) in [5.74, 6) is 2.63. The predicted octanol–water partition coefficient (Wildman–Crippen LogP) is 4.98. The van der Waals surface area contributed by atoms with Gasteiger partial charge in [-0.2, -0.15) is 0 Å². The molecule has 2 atom stereocenters. The fraction of sp³-hybridized carbons (Fsp3) is 0.448. The second-order valence-electron chi connectivity index (χ2n) is 9.98. The molecular weight excluding hydrogens is 422 g/mol. The summed E-state index contributed by atoms with van der Waals surface area (Å²) in [6, 6.07) is 22.9. The molecule has 2 aliphatic heterocycles. The average Bonchev–Trinajstić information content (AvgIpc) is 3.35. The monoisotopic (exact) mass is 457 g/mol. The van der Waals surface area contributed by atoms with Crippen LogP contribution in [0.3, 0.4) is 0 Å². The maximum Gasteiger partial charge on any atom is 0.222 e. The normalized spacial score (nSPS) is 21.5. The number of nitrogens with zero attached hydrogens (tertiary/aromatic N) is 2. The molecule has 2 aliphatic rings.